The van der Waals surface area contributed by atoms with Gasteiger partial charge in [-0.15, -0.1) is 24.0 Å². The van der Waals surface area contributed by atoms with Crippen LogP contribution in [0, 0.1) is 11.2 Å². The SMILES string of the molecule is CCNC(=NCc1ccc(N2CCOCC2)c(F)c1)NCC1(C(=O)N(C)C)CCCC1.I. The highest BCUT2D eigenvalue weighted by Crippen LogP contribution is 2.38. The van der Waals surface area contributed by atoms with E-state index < -0.39 is 0 Å². The normalized spacial score (nSPS) is 18.1. The van der Waals surface area contributed by atoms with Crippen LogP contribution in [0.15, 0.2) is 23.2 Å². The molecule has 1 saturated heterocycles. The standard InChI is InChI=1S/C23H36FN5O2.HI/c1-4-25-22(27-17-23(9-5-6-10-23)21(30)28(2)3)26-16-18-7-8-20(19(24)15-18)29-11-13-31-14-12-29;/h7-8,15H,4-6,9-14,16-17H2,1-3H3,(H2,25,26,27);1H. The number of carbonyl (C=O) groups is 1. The van der Waals surface area contributed by atoms with Gasteiger partial charge in [-0.2, -0.15) is 0 Å². The number of carbonyl (C=O) groups excluding carboxylic acids is 1. The summed E-state index contributed by atoms with van der Waals surface area (Å²) in [5.74, 6) is 0.598. The van der Waals surface area contributed by atoms with Crippen LogP contribution >= 0.6 is 24.0 Å². The third kappa shape index (κ3) is 6.69. The molecule has 0 unspecified atom stereocenters. The smallest absolute Gasteiger partial charge is 0.230 e. The molecule has 2 fully saturated rings. The van der Waals surface area contributed by atoms with E-state index in [1.165, 1.54) is 0 Å². The summed E-state index contributed by atoms with van der Waals surface area (Å²) in [7, 11) is 3.63. The van der Waals surface area contributed by atoms with Gasteiger partial charge in [-0.25, -0.2) is 9.38 Å². The number of nitrogens with zero attached hydrogens (tertiary/aromatic N) is 3. The van der Waals surface area contributed by atoms with Crippen molar-refractivity contribution in [3.8, 4) is 0 Å². The highest BCUT2D eigenvalue weighted by atomic mass is 127. The van der Waals surface area contributed by atoms with Crippen molar-refractivity contribution in [1.82, 2.24) is 15.5 Å². The van der Waals surface area contributed by atoms with E-state index in [1.54, 1.807) is 11.0 Å². The average Bonchev–Trinajstić information content (AvgIpc) is 3.26. The van der Waals surface area contributed by atoms with Gasteiger partial charge >= 0.3 is 0 Å². The number of morpholine rings is 1. The molecule has 2 aliphatic rings. The number of nitrogens with one attached hydrogen (secondary N) is 2. The van der Waals surface area contributed by atoms with Gasteiger partial charge in [0.05, 0.1) is 30.9 Å². The zero-order valence-corrected chi connectivity index (χ0v) is 21.8. The molecule has 1 heterocycles. The van der Waals surface area contributed by atoms with Crippen LogP contribution in [0.25, 0.3) is 0 Å². The lowest BCUT2D eigenvalue weighted by Crippen LogP contribution is -2.49. The van der Waals surface area contributed by atoms with E-state index in [9.17, 15) is 9.18 Å². The van der Waals surface area contributed by atoms with Crippen molar-refractivity contribution >= 4 is 41.5 Å². The highest BCUT2D eigenvalue weighted by molar-refractivity contribution is 14.0. The van der Waals surface area contributed by atoms with Crippen LogP contribution in [0.2, 0.25) is 0 Å². The number of hydrogen-bond acceptors (Lipinski definition) is 4. The number of aliphatic imine (C=N–C) groups is 1. The van der Waals surface area contributed by atoms with Crippen molar-refractivity contribution in [2.45, 2.75) is 39.2 Å². The molecule has 1 aromatic rings. The molecule has 1 aliphatic carbocycles. The third-order valence-electron chi connectivity index (χ3n) is 6.14. The Balaban J connectivity index is 0.00000363. The van der Waals surface area contributed by atoms with Crippen LogP contribution < -0.4 is 15.5 Å². The Labute approximate surface area is 208 Å². The topological polar surface area (TPSA) is 69.2 Å². The number of amides is 1. The van der Waals surface area contributed by atoms with E-state index in [0.717, 1.165) is 31.2 Å². The minimum Gasteiger partial charge on any atom is -0.378 e. The number of ether oxygens (including phenoxy) is 1. The molecule has 0 atom stereocenters. The third-order valence-corrected chi connectivity index (χ3v) is 6.14. The first-order valence-electron chi connectivity index (χ1n) is 11.3. The summed E-state index contributed by atoms with van der Waals surface area (Å²) in [6.07, 6.45) is 3.93. The van der Waals surface area contributed by atoms with Crippen molar-refractivity contribution in [3.63, 3.8) is 0 Å². The van der Waals surface area contributed by atoms with Crippen molar-refractivity contribution < 1.29 is 13.9 Å². The summed E-state index contributed by atoms with van der Waals surface area (Å²) >= 11 is 0. The summed E-state index contributed by atoms with van der Waals surface area (Å²) in [5.41, 5.74) is 1.06. The molecule has 180 valence electrons. The maximum Gasteiger partial charge on any atom is 0.230 e. The fourth-order valence-corrected chi connectivity index (χ4v) is 4.47. The van der Waals surface area contributed by atoms with E-state index in [1.807, 2.05) is 38.1 Å². The second-order valence-corrected chi connectivity index (χ2v) is 8.62. The molecular formula is C23H37FIN5O2. The molecule has 9 heteroatoms. The minimum absolute atomic E-state index is 0. The first-order chi connectivity index (χ1) is 14.9. The summed E-state index contributed by atoms with van der Waals surface area (Å²) < 4.78 is 20.0. The number of anilines is 1. The second-order valence-electron chi connectivity index (χ2n) is 8.62. The lowest BCUT2D eigenvalue weighted by molar-refractivity contribution is -0.138. The van der Waals surface area contributed by atoms with Crippen molar-refractivity contribution in [2.24, 2.45) is 10.4 Å². The monoisotopic (exact) mass is 561 g/mol. The van der Waals surface area contributed by atoms with E-state index in [-0.39, 0.29) is 41.1 Å². The Kier molecular flexibility index (Phi) is 10.5. The van der Waals surface area contributed by atoms with Gasteiger partial charge in [0.2, 0.25) is 5.91 Å². The van der Waals surface area contributed by atoms with Gasteiger partial charge in [0.15, 0.2) is 5.96 Å². The van der Waals surface area contributed by atoms with Crippen LogP contribution in [0.3, 0.4) is 0 Å². The largest absolute Gasteiger partial charge is 0.378 e. The molecule has 32 heavy (non-hydrogen) atoms. The average molecular weight is 561 g/mol. The molecule has 7 nitrogen and oxygen atoms in total. The molecule has 3 rings (SSSR count). The van der Waals surface area contributed by atoms with Gasteiger partial charge in [-0.05, 0) is 37.5 Å². The molecule has 2 N–H and O–H groups in total. The predicted molar refractivity (Wildman–Crippen MR) is 137 cm³/mol. The van der Waals surface area contributed by atoms with Gasteiger partial charge in [-0.1, -0.05) is 18.9 Å². The molecule has 0 spiro atoms. The number of guanidine groups is 1. The Morgan fingerprint density at radius 2 is 1.91 bits per heavy atom. The molecule has 1 amide bonds. The zero-order chi connectivity index (χ0) is 22.3. The lowest BCUT2D eigenvalue weighted by atomic mass is 9.84. The molecule has 0 bridgehead atoms. The summed E-state index contributed by atoms with van der Waals surface area (Å²) in [6, 6.07) is 5.32. The second kappa shape index (κ2) is 12.6. The van der Waals surface area contributed by atoms with Gasteiger partial charge in [0, 0.05) is 40.3 Å². The molecule has 1 saturated carbocycles. The fourth-order valence-electron chi connectivity index (χ4n) is 4.47. The molecule has 0 aromatic heterocycles. The first kappa shape index (κ1) is 26.6. The van der Waals surface area contributed by atoms with E-state index >= 15 is 0 Å². The van der Waals surface area contributed by atoms with Crippen LogP contribution in [0.5, 0.6) is 0 Å². The van der Waals surface area contributed by atoms with Gasteiger partial charge in [0.1, 0.15) is 5.82 Å². The van der Waals surface area contributed by atoms with Crippen molar-refractivity contribution in [1.29, 1.82) is 0 Å². The molecule has 1 aliphatic heterocycles. The number of benzene rings is 1. The van der Waals surface area contributed by atoms with Gasteiger partial charge in [-0.3, -0.25) is 4.79 Å². The summed E-state index contributed by atoms with van der Waals surface area (Å²) in [6.45, 7) is 6.30. The predicted octanol–water partition coefficient (Wildman–Crippen LogP) is 2.98. The fraction of sp³-hybridized carbons (Fsp3) is 0.652. The van der Waals surface area contributed by atoms with Crippen LogP contribution in [-0.2, 0) is 16.1 Å². The van der Waals surface area contributed by atoms with Crippen LogP contribution in [0.4, 0.5) is 10.1 Å². The van der Waals surface area contributed by atoms with Gasteiger partial charge in [0.25, 0.3) is 0 Å². The van der Waals surface area contributed by atoms with E-state index in [2.05, 4.69) is 15.6 Å². The molecular weight excluding hydrogens is 524 g/mol. The Morgan fingerprint density at radius 1 is 1.22 bits per heavy atom. The first-order valence-corrected chi connectivity index (χ1v) is 11.3. The number of hydrogen-bond donors (Lipinski definition) is 2. The molecule has 1 aromatic carbocycles. The summed E-state index contributed by atoms with van der Waals surface area (Å²) in [4.78, 5) is 21.1. The van der Waals surface area contributed by atoms with Crippen LogP contribution in [0.1, 0.15) is 38.2 Å². The lowest BCUT2D eigenvalue weighted by Gasteiger charge is -2.31. The zero-order valence-electron chi connectivity index (χ0n) is 19.5. The van der Waals surface area contributed by atoms with Crippen molar-refractivity contribution in [2.75, 3.05) is 58.4 Å². The van der Waals surface area contributed by atoms with Gasteiger partial charge < -0.3 is 25.2 Å². The quantitative estimate of drug-likeness (QED) is 0.305. The van der Waals surface area contributed by atoms with Crippen LogP contribution in [-0.4, -0.2) is 70.3 Å². The number of rotatable bonds is 7. The Morgan fingerprint density at radius 3 is 2.50 bits per heavy atom. The van der Waals surface area contributed by atoms with E-state index in [0.29, 0.717) is 57.6 Å². The van der Waals surface area contributed by atoms with E-state index in [4.69, 9.17) is 4.74 Å². The maximum atomic E-state index is 14.7. The maximum absolute atomic E-state index is 14.7. The summed E-state index contributed by atoms with van der Waals surface area (Å²) in [5, 5.41) is 6.60. The highest BCUT2D eigenvalue weighted by Gasteiger charge is 2.42. The Hall–Kier alpha value is -1.62. The van der Waals surface area contributed by atoms with Crippen molar-refractivity contribution in [3.05, 3.63) is 29.6 Å². The minimum atomic E-state index is -0.369. The number of halogens is 2. The Bertz CT molecular complexity index is 778. The molecule has 0 radical (unpaired) electrons.